The highest BCUT2D eigenvalue weighted by atomic mass is 16.3. The fourth-order valence-electron chi connectivity index (χ4n) is 2.71. The maximum absolute atomic E-state index is 12.1. The highest BCUT2D eigenvalue weighted by molar-refractivity contribution is 5.82. The molecule has 110 valence electrons. The van der Waals surface area contributed by atoms with Crippen LogP contribution in [-0.2, 0) is 11.2 Å². The Hall–Kier alpha value is -1.59. The molecule has 20 heavy (non-hydrogen) atoms. The fraction of sp³-hybridized carbons (Fsp3) is 0.533. The molecule has 1 saturated carbocycles. The number of phenolic OH excluding ortho intramolecular Hbond substituents is 1. The van der Waals surface area contributed by atoms with Crippen molar-refractivity contribution in [3.63, 3.8) is 0 Å². The summed E-state index contributed by atoms with van der Waals surface area (Å²) in [7, 11) is 0. The maximum Gasteiger partial charge on any atom is 0.237 e. The van der Waals surface area contributed by atoms with Crippen LogP contribution in [0, 0.1) is 5.92 Å². The SMILES string of the molecule is N[C@@H](Cc1ccc(O)cc1)C(=O)NC1CCCC1CO. The van der Waals surface area contributed by atoms with Crippen LogP contribution in [0.2, 0.25) is 0 Å². The normalized spacial score (nSPS) is 23.5. The average molecular weight is 278 g/mol. The van der Waals surface area contributed by atoms with E-state index in [0.29, 0.717) is 6.42 Å². The number of aromatic hydroxyl groups is 1. The van der Waals surface area contributed by atoms with Crippen molar-refractivity contribution in [3.05, 3.63) is 29.8 Å². The minimum atomic E-state index is -0.612. The topological polar surface area (TPSA) is 95.6 Å². The van der Waals surface area contributed by atoms with E-state index in [-0.39, 0.29) is 30.2 Å². The third-order valence-corrected chi connectivity index (χ3v) is 3.95. The van der Waals surface area contributed by atoms with Crippen molar-refractivity contribution in [3.8, 4) is 5.75 Å². The highest BCUT2D eigenvalue weighted by Gasteiger charge is 2.29. The van der Waals surface area contributed by atoms with Gasteiger partial charge in [-0.15, -0.1) is 0 Å². The summed E-state index contributed by atoms with van der Waals surface area (Å²) in [5, 5.41) is 21.4. The zero-order chi connectivity index (χ0) is 14.5. The molecule has 5 heteroatoms. The number of benzene rings is 1. The number of rotatable bonds is 5. The lowest BCUT2D eigenvalue weighted by Gasteiger charge is -2.21. The summed E-state index contributed by atoms with van der Waals surface area (Å²) in [6.07, 6.45) is 3.32. The molecular weight excluding hydrogens is 256 g/mol. The van der Waals surface area contributed by atoms with Crippen LogP contribution in [0.1, 0.15) is 24.8 Å². The van der Waals surface area contributed by atoms with Crippen molar-refractivity contribution in [1.82, 2.24) is 5.32 Å². The van der Waals surface area contributed by atoms with Gasteiger partial charge in [-0.05, 0) is 37.0 Å². The van der Waals surface area contributed by atoms with Gasteiger partial charge in [-0.25, -0.2) is 0 Å². The quantitative estimate of drug-likeness (QED) is 0.632. The number of aliphatic hydroxyl groups excluding tert-OH is 1. The second kappa shape index (κ2) is 6.72. The van der Waals surface area contributed by atoms with Gasteiger partial charge in [0.2, 0.25) is 5.91 Å². The molecule has 1 aromatic rings. The molecule has 3 atom stereocenters. The second-order valence-corrected chi connectivity index (χ2v) is 5.47. The number of carbonyl (C=O) groups excluding carboxylic acids is 1. The minimum absolute atomic E-state index is 0.0402. The lowest BCUT2D eigenvalue weighted by atomic mass is 10.0. The predicted octanol–water partition coefficient (Wildman–Crippen LogP) is 0.539. The van der Waals surface area contributed by atoms with Crippen molar-refractivity contribution in [2.45, 2.75) is 37.8 Å². The van der Waals surface area contributed by atoms with Gasteiger partial charge in [-0.2, -0.15) is 0 Å². The molecule has 5 N–H and O–H groups in total. The molecule has 0 bridgehead atoms. The Balaban J connectivity index is 1.87. The Kier molecular flexibility index (Phi) is 4.98. The van der Waals surface area contributed by atoms with Gasteiger partial charge in [0.05, 0.1) is 6.04 Å². The third kappa shape index (κ3) is 3.71. The number of hydrogen-bond donors (Lipinski definition) is 4. The Labute approximate surface area is 118 Å². The number of nitrogens with one attached hydrogen (secondary N) is 1. The smallest absolute Gasteiger partial charge is 0.237 e. The van der Waals surface area contributed by atoms with Crippen molar-refractivity contribution < 1.29 is 15.0 Å². The summed E-state index contributed by atoms with van der Waals surface area (Å²) >= 11 is 0. The summed E-state index contributed by atoms with van der Waals surface area (Å²) in [5.74, 6) is 0.173. The Bertz CT molecular complexity index is 447. The Morgan fingerprint density at radius 3 is 2.70 bits per heavy atom. The van der Waals surface area contributed by atoms with E-state index in [4.69, 9.17) is 5.73 Å². The average Bonchev–Trinajstić information content (AvgIpc) is 2.88. The zero-order valence-electron chi connectivity index (χ0n) is 11.5. The van der Waals surface area contributed by atoms with E-state index in [1.165, 1.54) is 0 Å². The highest BCUT2D eigenvalue weighted by Crippen LogP contribution is 2.25. The van der Waals surface area contributed by atoms with Crippen LogP contribution in [0.25, 0.3) is 0 Å². The van der Waals surface area contributed by atoms with Gasteiger partial charge in [0.15, 0.2) is 0 Å². The van der Waals surface area contributed by atoms with E-state index >= 15 is 0 Å². The molecule has 2 unspecified atom stereocenters. The second-order valence-electron chi connectivity index (χ2n) is 5.47. The van der Waals surface area contributed by atoms with Crippen molar-refractivity contribution >= 4 is 5.91 Å². The standard InChI is InChI=1S/C15H22N2O3/c16-13(8-10-4-6-12(19)7-5-10)15(20)17-14-3-1-2-11(14)9-18/h4-7,11,13-14,18-19H,1-3,8-9,16H2,(H,17,20)/t11?,13-,14?/m0/s1. The number of hydrogen-bond acceptors (Lipinski definition) is 4. The molecule has 5 nitrogen and oxygen atoms in total. The first kappa shape index (κ1) is 14.8. The third-order valence-electron chi connectivity index (χ3n) is 3.95. The van der Waals surface area contributed by atoms with Crippen LogP contribution in [0.5, 0.6) is 5.75 Å². The van der Waals surface area contributed by atoms with E-state index in [1.54, 1.807) is 24.3 Å². The number of carbonyl (C=O) groups is 1. The maximum atomic E-state index is 12.1. The van der Waals surface area contributed by atoms with Crippen molar-refractivity contribution in [1.29, 1.82) is 0 Å². The van der Waals surface area contributed by atoms with Gasteiger partial charge in [-0.1, -0.05) is 18.6 Å². The molecule has 1 amide bonds. The first-order chi connectivity index (χ1) is 9.60. The van der Waals surface area contributed by atoms with E-state index in [0.717, 1.165) is 24.8 Å². The van der Waals surface area contributed by atoms with Gasteiger partial charge in [0.25, 0.3) is 0 Å². The van der Waals surface area contributed by atoms with E-state index in [1.807, 2.05) is 0 Å². The number of nitrogens with two attached hydrogens (primary N) is 1. The van der Waals surface area contributed by atoms with Crippen LogP contribution in [0.4, 0.5) is 0 Å². The van der Waals surface area contributed by atoms with E-state index in [2.05, 4.69) is 5.32 Å². The molecule has 1 aromatic carbocycles. The molecule has 0 saturated heterocycles. The molecular formula is C15H22N2O3. The fourth-order valence-corrected chi connectivity index (χ4v) is 2.71. The monoisotopic (exact) mass is 278 g/mol. The first-order valence-electron chi connectivity index (χ1n) is 7.05. The van der Waals surface area contributed by atoms with Crippen LogP contribution >= 0.6 is 0 Å². The van der Waals surface area contributed by atoms with Crippen LogP contribution in [0.3, 0.4) is 0 Å². The number of aliphatic hydroxyl groups is 1. The molecule has 1 aliphatic carbocycles. The molecule has 1 fully saturated rings. The Morgan fingerprint density at radius 2 is 2.05 bits per heavy atom. The molecule has 0 heterocycles. The van der Waals surface area contributed by atoms with E-state index in [9.17, 15) is 15.0 Å². The predicted molar refractivity (Wildman–Crippen MR) is 76.1 cm³/mol. The van der Waals surface area contributed by atoms with Gasteiger partial charge < -0.3 is 21.3 Å². The molecule has 0 spiro atoms. The molecule has 1 aliphatic rings. The van der Waals surface area contributed by atoms with Gasteiger partial charge in [0, 0.05) is 18.6 Å². The summed E-state index contributed by atoms with van der Waals surface area (Å²) < 4.78 is 0. The van der Waals surface area contributed by atoms with Crippen LogP contribution < -0.4 is 11.1 Å². The van der Waals surface area contributed by atoms with Gasteiger partial charge in [0.1, 0.15) is 5.75 Å². The largest absolute Gasteiger partial charge is 0.508 e. The lowest BCUT2D eigenvalue weighted by molar-refractivity contribution is -0.123. The van der Waals surface area contributed by atoms with Crippen molar-refractivity contribution in [2.24, 2.45) is 11.7 Å². The van der Waals surface area contributed by atoms with Crippen LogP contribution in [-0.4, -0.2) is 34.8 Å². The molecule has 0 radical (unpaired) electrons. The number of phenols is 1. The summed E-state index contributed by atoms with van der Waals surface area (Å²) in [5.41, 5.74) is 6.83. The minimum Gasteiger partial charge on any atom is -0.508 e. The molecule has 0 aliphatic heterocycles. The lowest BCUT2D eigenvalue weighted by Crippen LogP contribution is -2.48. The first-order valence-corrected chi connectivity index (χ1v) is 7.05. The van der Waals surface area contributed by atoms with E-state index < -0.39 is 6.04 Å². The summed E-state index contributed by atoms with van der Waals surface area (Å²) in [6.45, 7) is 0.109. The van der Waals surface area contributed by atoms with Gasteiger partial charge in [-0.3, -0.25) is 4.79 Å². The Morgan fingerprint density at radius 1 is 1.35 bits per heavy atom. The molecule has 0 aromatic heterocycles. The summed E-state index contributed by atoms with van der Waals surface area (Å²) in [6, 6.07) is 6.11. The molecule has 2 rings (SSSR count). The van der Waals surface area contributed by atoms with Crippen LogP contribution in [0.15, 0.2) is 24.3 Å². The van der Waals surface area contributed by atoms with Gasteiger partial charge >= 0.3 is 0 Å². The zero-order valence-corrected chi connectivity index (χ0v) is 11.5. The number of amides is 1. The summed E-state index contributed by atoms with van der Waals surface area (Å²) in [4.78, 5) is 12.1. The van der Waals surface area contributed by atoms with Crippen molar-refractivity contribution in [2.75, 3.05) is 6.61 Å².